The summed E-state index contributed by atoms with van der Waals surface area (Å²) < 4.78 is 24.0. The van der Waals surface area contributed by atoms with Gasteiger partial charge in [0.2, 0.25) is 0 Å². The molecule has 0 aliphatic carbocycles. The van der Waals surface area contributed by atoms with Crippen LogP contribution in [0.5, 0.6) is 0 Å². The molecule has 0 rings (SSSR count). The second-order valence-electron chi connectivity index (χ2n) is 2.95. The maximum atomic E-state index is 10.5. The zero-order valence-corrected chi connectivity index (χ0v) is 9.97. The molecular formula is C7H18N2O3Ti. The van der Waals surface area contributed by atoms with Crippen LogP contribution in [-0.4, -0.2) is 34.4 Å². The number of likely N-dealkylation sites (N-methyl/N-ethyl adjacent to an activating group) is 1. The molecule has 5 nitrogen and oxygen atoms in total. The summed E-state index contributed by atoms with van der Waals surface area (Å²) in [5.74, 6) is 0. The van der Waals surface area contributed by atoms with Crippen molar-refractivity contribution in [1.82, 2.24) is 10.4 Å². The summed E-state index contributed by atoms with van der Waals surface area (Å²) >= 11 is -3.43. The predicted molar refractivity (Wildman–Crippen MR) is 44.4 cm³/mol. The molecule has 78 valence electrons. The van der Waals surface area contributed by atoms with E-state index in [1.807, 2.05) is 20.8 Å². The zero-order chi connectivity index (χ0) is 10.3. The van der Waals surface area contributed by atoms with Gasteiger partial charge < -0.3 is 0 Å². The average molecular weight is 226 g/mol. The van der Waals surface area contributed by atoms with Crippen molar-refractivity contribution in [2.24, 2.45) is 0 Å². The quantitative estimate of drug-likeness (QED) is 0.364. The first kappa shape index (κ1) is 13.4. The molecule has 0 spiro atoms. The molecule has 0 unspecified atom stereocenters. The van der Waals surface area contributed by atoms with Crippen molar-refractivity contribution in [2.45, 2.75) is 26.8 Å². The third-order valence-corrected chi connectivity index (χ3v) is 2.14. The molecule has 0 aromatic rings. The Kier molecular flexibility index (Phi) is 7.94. The van der Waals surface area contributed by atoms with Crippen LogP contribution in [0.25, 0.3) is 0 Å². The first-order valence-corrected chi connectivity index (χ1v) is 6.43. The molecule has 0 aromatic carbocycles. The summed E-state index contributed by atoms with van der Waals surface area (Å²) in [7, 11) is 0. The first-order valence-electron chi connectivity index (χ1n) is 4.46. The van der Waals surface area contributed by atoms with E-state index in [4.69, 9.17) is 7.11 Å². The van der Waals surface area contributed by atoms with Gasteiger partial charge in [-0.3, -0.25) is 0 Å². The molecule has 6 heteroatoms. The van der Waals surface area contributed by atoms with Crippen LogP contribution < -0.4 is 5.32 Å². The number of hydrogen-bond donors (Lipinski definition) is 2. The Balaban J connectivity index is 3.74. The fourth-order valence-corrected chi connectivity index (χ4v) is 1.66. The third kappa shape index (κ3) is 7.43. The third-order valence-electron chi connectivity index (χ3n) is 1.53. The van der Waals surface area contributed by atoms with Crippen LogP contribution >= 0.6 is 0 Å². The Hall–Kier alpha value is 0.354. The van der Waals surface area contributed by atoms with Crippen molar-refractivity contribution in [3.8, 4) is 0 Å². The predicted octanol–water partition coefficient (Wildman–Crippen LogP) is 0.0239. The van der Waals surface area contributed by atoms with Gasteiger partial charge in [-0.15, -0.1) is 0 Å². The molecule has 0 saturated carbocycles. The van der Waals surface area contributed by atoms with Gasteiger partial charge in [-0.1, -0.05) is 0 Å². The second-order valence-corrected chi connectivity index (χ2v) is 4.06. The van der Waals surface area contributed by atoms with E-state index in [1.54, 1.807) is 5.06 Å². The van der Waals surface area contributed by atoms with Gasteiger partial charge in [-0.05, 0) is 0 Å². The van der Waals surface area contributed by atoms with Crippen molar-refractivity contribution in [1.29, 1.82) is 0 Å². The van der Waals surface area contributed by atoms with Crippen molar-refractivity contribution in [3.05, 3.63) is 0 Å². The minimum atomic E-state index is -3.43. The van der Waals surface area contributed by atoms with Crippen molar-refractivity contribution in [2.75, 3.05) is 19.6 Å². The number of nitrogens with zero attached hydrogens (tertiary/aromatic N) is 1. The summed E-state index contributed by atoms with van der Waals surface area (Å²) in [4.78, 5) is 0. The van der Waals surface area contributed by atoms with Crippen LogP contribution in [0.1, 0.15) is 20.8 Å². The van der Waals surface area contributed by atoms with E-state index in [1.165, 1.54) is 0 Å². The van der Waals surface area contributed by atoms with Gasteiger partial charge in [0, 0.05) is 0 Å². The molecule has 0 aromatic heterocycles. The van der Waals surface area contributed by atoms with E-state index in [0.717, 1.165) is 13.1 Å². The van der Waals surface area contributed by atoms with Gasteiger partial charge in [0.25, 0.3) is 0 Å². The van der Waals surface area contributed by atoms with E-state index in [2.05, 4.69) is 5.32 Å². The van der Waals surface area contributed by atoms with Crippen LogP contribution in [0.2, 0.25) is 0 Å². The van der Waals surface area contributed by atoms with E-state index in [9.17, 15) is 3.32 Å². The Morgan fingerprint density at radius 2 is 2.23 bits per heavy atom. The molecule has 0 radical (unpaired) electrons. The molecule has 0 amide bonds. The number of hydroxylamine groups is 2. The molecule has 0 bridgehead atoms. The molecule has 0 saturated heterocycles. The van der Waals surface area contributed by atoms with Crippen molar-refractivity contribution in [3.63, 3.8) is 0 Å². The van der Waals surface area contributed by atoms with Gasteiger partial charge in [-0.2, -0.15) is 0 Å². The monoisotopic (exact) mass is 226 g/mol. The molecule has 2 N–H and O–H groups in total. The first-order chi connectivity index (χ1) is 6.07. The summed E-state index contributed by atoms with van der Waals surface area (Å²) in [5, 5.41) is 4.67. The van der Waals surface area contributed by atoms with Gasteiger partial charge >= 0.3 is 85.9 Å². The molecule has 0 heterocycles. The molecule has 0 fully saturated rings. The molecule has 0 atom stereocenters. The number of rotatable bonds is 7. The summed E-state index contributed by atoms with van der Waals surface area (Å²) in [6.07, 6.45) is 0. The van der Waals surface area contributed by atoms with E-state index in [0.29, 0.717) is 6.54 Å². The Labute approximate surface area is 86.1 Å². The maximum absolute atomic E-state index is 10.5. The second kappa shape index (κ2) is 7.73. The van der Waals surface area contributed by atoms with Crippen LogP contribution in [0.3, 0.4) is 0 Å². The Morgan fingerprint density at radius 1 is 1.62 bits per heavy atom. The van der Waals surface area contributed by atoms with E-state index in [-0.39, 0.29) is 6.04 Å². The Bertz CT molecular complexity index is 155. The Morgan fingerprint density at radius 3 is 2.62 bits per heavy atom. The van der Waals surface area contributed by atoms with Crippen molar-refractivity contribution >= 4 is 0 Å². The van der Waals surface area contributed by atoms with E-state index < -0.39 is 18.6 Å². The molecule has 13 heavy (non-hydrogen) atoms. The molecule has 0 aliphatic rings. The average Bonchev–Trinajstić information content (AvgIpc) is 2.02. The van der Waals surface area contributed by atoms with Crippen LogP contribution in [0.4, 0.5) is 0 Å². The van der Waals surface area contributed by atoms with E-state index >= 15 is 0 Å². The molecular weight excluding hydrogens is 208 g/mol. The number of hydrogen-bond acceptors (Lipinski definition) is 4. The van der Waals surface area contributed by atoms with Gasteiger partial charge in [0.05, 0.1) is 0 Å². The normalized spacial score (nSPS) is 11.2. The van der Waals surface area contributed by atoms with Crippen LogP contribution in [-0.2, 0) is 25.4 Å². The fraction of sp³-hybridized carbons (Fsp3) is 1.00. The molecule has 0 aliphatic heterocycles. The standard InChI is InChI=1S/C7H17N2O.H2O.O.Ti/c1-4-8-5-6-9(10)7(2)3;;;/h7-8H,4-6H2,1-3H3;1H2;;/q-1;;;+2/p-1. The zero-order valence-electron chi connectivity index (χ0n) is 8.41. The van der Waals surface area contributed by atoms with Crippen molar-refractivity contribution < 1.29 is 29.0 Å². The van der Waals surface area contributed by atoms with Gasteiger partial charge in [0.1, 0.15) is 0 Å². The summed E-state index contributed by atoms with van der Waals surface area (Å²) in [6.45, 7) is 8.15. The fourth-order valence-electron chi connectivity index (χ4n) is 0.876. The summed E-state index contributed by atoms with van der Waals surface area (Å²) in [5.41, 5.74) is 0. The SMILES string of the molecule is CCNCCN([O][Ti](=[O])[OH])C(C)C. The van der Waals surface area contributed by atoms with Gasteiger partial charge in [0.15, 0.2) is 0 Å². The summed E-state index contributed by atoms with van der Waals surface area (Å²) in [6, 6.07) is 0.127. The van der Waals surface area contributed by atoms with Gasteiger partial charge in [-0.25, -0.2) is 0 Å². The van der Waals surface area contributed by atoms with Crippen LogP contribution in [0.15, 0.2) is 0 Å². The number of nitrogens with one attached hydrogen (secondary N) is 1. The van der Waals surface area contributed by atoms with Crippen LogP contribution in [0, 0.1) is 0 Å². The minimum absolute atomic E-state index is 0.127. The topological polar surface area (TPSA) is 61.8 Å².